The van der Waals surface area contributed by atoms with Crippen LogP contribution in [0.15, 0.2) is 22.3 Å². The van der Waals surface area contributed by atoms with Gasteiger partial charge in [-0.05, 0) is 6.08 Å². The molecule has 1 aromatic rings. The minimum atomic E-state index is -1.43. The SMILES string of the molecule is CON=C(C(=O)N[C@@H]1C(=O)N2C(C(=O)[O-])=CCS[C@H]12)c1csc(N)n1.[Na+]. The Bertz CT molecular complexity index is 811. The van der Waals surface area contributed by atoms with Crippen LogP contribution < -0.4 is 45.7 Å². The third-order valence-electron chi connectivity index (χ3n) is 3.50. The molecule has 2 amide bonds. The summed E-state index contributed by atoms with van der Waals surface area (Å²) in [4.78, 5) is 45.5. The summed E-state index contributed by atoms with van der Waals surface area (Å²) in [7, 11) is 1.27. The quantitative estimate of drug-likeness (QED) is 0.214. The van der Waals surface area contributed by atoms with Crippen molar-refractivity contribution in [2.24, 2.45) is 5.16 Å². The van der Waals surface area contributed by atoms with E-state index in [1.807, 2.05) is 0 Å². The number of fused-ring (bicyclic) bond motifs is 1. The van der Waals surface area contributed by atoms with Crippen LogP contribution in [0.5, 0.6) is 0 Å². The van der Waals surface area contributed by atoms with Crippen molar-refractivity contribution in [3.8, 4) is 0 Å². The number of oxime groups is 1. The number of thiazole rings is 1. The van der Waals surface area contributed by atoms with E-state index < -0.39 is 29.2 Å². The number of aliphatic carboxylic acids is 1. The molecular formula is C13H12N5NaO5S2. The van der Waals surface area contributed by atoms with Gasteiger partial charge in [-0.3, -0.25) is 14.5 Å². The molecule has 3 N–H and O–H groups in total. The van der Waals surface area contributed by atoms with Crippen molar-refractivity contribution in [2.75, 3.05) is 18.6 Å². The summed E-state index contributed by atoms with van der Waals surface area (Å²) in [6.07, 6.45) is 1.41. The van der Waals surface area contributed by atoms with Gasteiger partial charge in [-0.1, -0.05) is 5.16 Å². The molecule has 0 bridgehead atoms. The van der Waals surface area contributed by atoms with Crippen LogP contribution in [0.1, 0.15) is 5.69 Å². The largest absolute Gasteiger partial charge is 1.00 e. The van der Waals surface area contributed by atoms with E-state index in [1.165, 1.54) is 30.3 Å². The summed E-state index contributed by atoms with van der Waals surface area (Å²) in [5, 5.41) is 18.5. The maximum atomic E-state index is 12.5. The standard InChI is InChI=1S/C13H13N5O5S2.Na/c1-23-17-7(5-4-25-13(14)15-5)9(19)16-8-10(20)18-6(12(21)22)2-3-24-11(8)18;/h2,4,8,11H,3H2,1H3,(H2,14,15)(H,16,19)(H,21,22);/q;+1/p-1/t8-,11-;/m1./s1. The van der Waals surface area contributed by atoms with Crippen LogP contribution in [0.2, 0.25) is 0 Å². The van der Waals surface area contributed by atoms with E-state index in [4.69, 9.17) is 5.73 Å². The molecular weight excluding hydrogens is 393 g/mol. The fraction of sp³-hybridized carbons (Fsp3) is 0.308. The molecule has 0 aliphatic carbocycles. The topological polar surface area (TPSA) is 150 Å². The number of carbonyl (C=O) groups excluding carboxylic acids is 3. The van der Waals surface area contributed by atoms with Crippen LogP contribution >= 0.6 is 23.1 Å². The van der Waals surface area contributed by atoms with Gasteiger partial charge in [0.15, 0.2) is 10.8 Å². The third-order valence-corrected chi connectivity index (χ3v) is 5.36. The van der Waals surface area contributed by atoms with Crippen LogP contribution in [0.4, 0.5) is 5.13 Å². The Balaban J connectivity index is 0.00000243. The molecule has 13 heteroatoms. The minimum Gasteiger partial charge on any atom is -0.543 e. The molecule has 1 fully saturated rings. The van der Waals surface area contributed by atoms with Gasteiger partial charge in [0, 0.05) is 11.1 Å². The van der Waals surface area contributed by atoms with Crippen molar-refractivity contribution >= 4 is 51.7 Å². The third kappa shape index (κ3) is 3.74. The number of carboxylic acid groups (broad SMARTS) is 1. The molecule has 1 aromatic heterocycles. The number of carbonyl (C=O) groups is 3. The Morgan fingerprint density at radius 3 is 2.85 bits per heavy atom. The molecule has 132 valence electrons. The Hall–Kier alpha value is -1.60. The van der Waals surface area contributed by atoms with Crippen molar-refractivity contribution in [3.05, 3.63) is 22.8 Å². The zero-order valence-corrected chi connectivity index (χ0v) is 17.4. The average Bonchev–Trinajstić information content (AvgIpc) is 3.02. The van der Waals surface area contributed by atoms with Crippen LogP contribution in [-0.2, 0) is 19.2 Å². The number of hydrogen-bond donors (Lipinski definition) is 2. The number of β-lactam (4-membered cyclic amide) rings is 1. The number of hydrogen-bond acceptors (Lipinski definition) is 10. The fourth-order valence-corrected chi connectivity index (χ4v) is 4.17. The summed E-state index contributed by atoms with van der Waals surface area (Å²) in [5.41, 5.74) is 5.46. The van der Waals surface area contributed by atoms with Gasteiger partial charge in [-0.25, -0.2) is 4.98 Å². The normalized spacial score (nSPS) is 21.7. The molecule has 0 saturated carbocycles. The molecule has 0 radical (unpaired) electrons. The number of thioether (sulfide) groups is 1. The van der Waals surface area contributed by atoms with Crippen LogP contribution in [0, 0.1) is 0 Å². The predicted molar refractivity (Wildman–Crippen MR) is 88.2 cm³/mol. The number of nitrogens with two attached hydrogens (primary N) is 1. The van der Waals surface area contributed by atoms with Gasteiger partial charge in [-0.15, -0.1) is 23.1 Å². The van der Waals surface area contributed by atoms with Crippen LogP contribution in [0.3, 0.4) is 0 Å². The van der Waals surface area contributed by atoms with Gasteiger partial charge < -0.3 is 25.8 Å². The molecule has 0 unspecified atom stereocenters. The maximum Gasteiger partial charge on any atom is 1.00 e. The number of nitrogens with zero attached hydrogens (tertiary/aromatic N) is 3. The summed E-state index contributed by atoms with van der Waals surface area (Å²) >= 11 is 2.46. The van der Waals surface area contributed by atoms with Crippen molar-refractivity contribution in [2.45, 2.75) is 11.4 Å². The van der Waals surface area contributed by atoms with E-state index in [0.29, 0.717) is 5.75 Å². The first-order valence-electron chi connectivity index (χ1n) is 6.93. The summed E-state index contributed by atoms with van der Waals surface area (Å²) in [6, 6.07) is -0.876. The van der Waals surface area contributed by atoms with E-state index >= 15 is 0 Å². The number of carboxylic acids is 1. The Labute approximate surface area is 178 Å². The van der Waals surface area contributed by atoms with E-state index in [2.05, 4.69) is 20.3 Å². The van der Waals surface area contributed by atoms with E-state index in [1.54, 1.807) is 0 Å². The summed E-state index contributed by atoms with van der Waals surface area (Å²) < 4.78 is 0. The second kappa shape index (κ2) is 8.39. The van der Waals surface area contributed by atoms with Gasteiger partial charge in [0.25, 0.3) is 11.8 Å². The molecule has 2 aliphatic heterocycles. The Morgan fingerprint density at radius 2 is 2.27 bits per heavy atom. The molecule has 26 heavy (non-hydrogen) atoms. The fourth-order valence-electron chi connectivity index (χ4n) is 2.43. The number of rotatable bonds is 5. The summed E-state index contributed by atoms with van der Waals surface area (Å²) in [5.74, 6) is -2.24. The number of nitrogen functional groups attached to an aromatic ring is 1. The van der Waals surface area contributed by atoms with Crippen molar-refractivity contribution in [3.63, 3.8) is 0 Å². The molecule has 3 heterocycles. The number of amides is 2. The zero-order chi connectivity index (χ0) is 18.1. The van der Waals surface area contributed by atoms with Gasteiger partial charge >= 0.3 is 29.6 Å². The smallest absolute Gasteiger partial charge is 0.543 e. The van der Waals surface area contributed by atoms with Gasteiger partial charge in [0.2, 0.25) is 0 Å². The first-order chi connectivity index (χ1) is 11.9. The Morgan fingerprint density at radius 1 is 1.54 bits per heavy atom. The maximum absolute atomic E-state index is 12.5. The molecule has 0 spiro atoms. The number of nitrogens with one attached hydrogen (secondary N) is 1. The van der Waals surface area contributed by atoms with E-state index in [-0.39, 0.29) is 51.8 Å². The van der Waals surface area contributed by atoms with E-state index in [9.17, 15) is 19.5 Å². The van der Waals surface area contributed by atoms with Gasteiger partial charge in [0.05, 0.1) is 11.7 Å². The molecule has 0 aromatic carbocycles. The first kappa shape index (κ1) is 20.7. The van der Waals surface area contributed by atoms with Gasteiger partial charge in [-0.2, -0.15) is 0 Å². The molecule has 1 saturated heterocycles. The average molecular weight is 405 g/mol. The molecule has 3 rings (SSSR count). The summed E-state index contributed by atoms with van der Waals surface area (Å²) in [6.45, 7) is 0. The van der Waals surface area contributed by atoms with Crippen molar-refractivity contribution in [1.82, 2.24) is 15.2 Å². The predicted octanol–water partition coefficient (Wildman–Crippen LogP) is -4.89. The molecule has 2 aliphatic rings. The first-order valence-corrected chi connectivity index (χ1v) is 8.86. The second-order valence-corrected chi connectivity index (χ2v) is 6.99. The van der Waals surface area contributed by atoms with Crippen molar-refractivity contribution in [1.29, 1.82) is 0 Å². The van der Waals surface area contributed by atoms with E-state index in [0.717, 1.165) is 16.2 Å². The molecule has 2 atom stereocenters. The van der Waals surface area contributed by atoms with Gasteiger partial charge in [0.1, 0.15) is 24.2 Å². The monoisotopic (exact) mass is 405 g/mol. The van der Waals surface area contributed by atoms with Crippen molar-refractivity contribution < 1.29 is 53.9 Å². The zero-order valence-electron chi connectivity index (χ0n) is 13.8. The number of anilines is 1. The number of aromatic nitrogens is 1. The molecule has 10 nitrogen and oxygen atoms in total. The van der Waals surface area contributed by atoms with Crippen LogP contribution in [-0.4, -0.2) is 57.7 Å². The minimum absolute atomic E-state index is 0. The Kier molecular flexibility index (Phi) is 6.69. The van der Waals surface area contributed by atoms with Crippen LogP contribution in [0.25, 0.3) is 0 Å². The second-order valence-electron chi connectivity index (χ2n) is 4.95.